The van der Waals surface area contributed by atoms with Gasteiger partial charge in [0.15, 0.2) is 0 Å². The monoisotopic (exact) mass is 250 g/mol. The highest BCUT2D eigenvalue weighted by Crippen LogP contribution is 2.19. The summed E-state index contributed by atoms with van der Waals surface area (Å²) in [6, 6.07) is 7.19. The Bertz CT molecular complexity index is 403. The number of carbonyl (C=O) groups excluding carboxylic acids is 1. The van der Waals surface area contributed by atoms with Crippen molar-refractivity contribution < 1.29 is 14.3 Å². The largest absolute Gasteiger partial charge is 0.497 e. The summed E-state index contributed by atoms with van der Waals surface area (Å²) in [6.45, 7) is 1.87. The number of benzene rings is 1. The molecule has 18 heavy (non-hydrogen) atoms. The van der Waals surface area contributed by atoms with E-state index in [0.717, 1.165) is 25.9 Å². The molecule has 1 aromatic rings. The maximum absolute atomic E-state index is 11.7. The van der Waals surface area contributed by atoms with Crippen molar-refractivity contribution >= 4 is 6.09 Å². The molecule has 1 saturated heterocycles. The number of ether oxygens (including phenoxy) is 2. The molecular weight excluding hydrogens is 232 g/mol. The van der Waals surface area contributed by atoms with E-state index in [9.17, 15) is 4.79 Å². The van der Waals surface area contributed by atoms with Crippen LogP contribution in [0.3, 0.4) is 0 Å². The highest BCUT2D eigenvalue weighted by molar-refractivity contribution is 5.70. The molecule has 1 fully saturated rings. The minimum Gasteiger partial charge on any atom is -0.497 e. The van der Waals surface area contributed by atoms with E-state index in [2.05, 4.69) is 10.6 Å². The molecule has 0 aliphatic carbocycles. The fourth-order valence-electron chi connectivity index (χ4n) is 1.93. The van der Waals surface area contributed by atoms with E-state index < -0.39 is 6.09 Å². The molecule has 0 unspecified atom stereocenters. The quantitative estimate of drug-likeness (QED) is 0.854. The van der Waals surface area contributed by atoms with Gasteiger partial charge in [0.05, 0.1) is 7.11 Å². The summed E-state index contributed by atoms with van der Waals surface area (Å²) in [4.78, 5) is 11.7. The zero-order valence-electron chi connectivity index (χ0n) is 10.4. The van der Waals surface area contributed by atoms with Crippen LogP contribution in [0.2, 0.25) is 0 Å². The Morgan fingerprint density at radius 3 is 2.78 bits per heavy atom. The number of methoxy groups -OCH3 is 1. The average Bonchev–Trinajstić information content (AvgIpc) is 2.40. The minimum atomic E-state index is -0.407. The lowest BCUT2D eigenvalue weighted by atomic mass is 10.1. The molecule has 0 bridgehead atoms. The van der Waals surface area contributed by atoms with E-state index in [4.69, 9.17) is 9.47 Å². The Morgan fingerprint density at radius 1 is 1.33 bits per heavy atom. The lowest BCUT2D eigenvalue weighted by Crippen LogP contribution is -2.43. The van der Waals surface area contributed by atoms with Gasteiger partial charge in [0.2, 0.25) is 0 Å². The average molecular weight is 250 g/mol. The molecular formula is C13H18N2O3. The molecule has 0 spiro atoms. The molecule has 0 saturated carbocycles. The summed E-state index contributed by atoms with van der Waals surface area (Å²) in [5.74, 6) is 1.16. The van der Waals surface area contributed by atoms with E-state index in [1.165, 1.54) is 0 Å². The van der Waals surface area contributed by atoms with Gasteiger partial charge in [0.25, 0.3) is 0 Å². The van der Waals surface area contributed by atoms with Crippen LogP contribution in [0, 0.1) is 0 Å². The SMILES string of the molecule is COc1cccc(OC(=O)NC2CCNCC2)c1. The Morgan fingerprint density at radius 2 is 2.06 bits per heavy atom. The third-order valence-electron chi connectivity index (χ3n) is 2.91. The molecule has 1 aliphatic rings. The van der Waals surface area contributed by atoms with Crippen LogP contribution < -0.4 is 20.1 Å². The molecule has 1 heterocycles. The van der Waals surface area contributed by atoms with Crippen molar-refractivity contribution in [2.24, 2.45) is 0 Å². The van der Waals surface area contributed by atoms with Gasteiger partial charge in [-0.25, -0.2) is 4.79 Å². The first-order valence-electron chi connectivity index (χ1n) is 6.11. The Hall–Kier alpha value is -1.75. The lowest BCUT2D eigenvalue weighted by Gasteiger charge is -2.23. The molecule has 5 nitrogen and oxygen atoms in total. The van der Waals surface area contributed by atoms with Crippen LogP contribution in [0.1, 0.15) is 12.8 Å². The maximum atomic E-state index is 11.7. The molecule has 98 valence electrons. The molecule has 2 N–H and O–H groups in total. The van der Waals surface area contributed by atoms with E-state index in [1.54, 1.807) is 31.4 Å². The van der Waals surface area contributed by atoms with Gasteiger partial charge in [-0.05, 0) is 38.1 Å². The van der Waals surface area contributed by atoms with Crippen molar-refractivity contribution in [3.63, 3.8) is 0 Å². The smallest absolute Gasteiger partial charge is 0.412 e. The summed E-state index contributed by atoms with van der Waals surface area (Å²) in [6.07, 6.45) is 1.47. The fraction of sp³-hybridized carbons (Fsp3) is 0.462. The summed E-state index contributed by atoms with van der Waals surface area (Å²) in [5.41, 5.74) is 0. The Balaban J connectivity index is 1.85. The second-order valence-electron chi connectivity index (χ2n) is 4.24. The zero-order valence-corrected chi connectivity index (χ0v) is 10.4. The van der Waals surface area contributed by atoms with E-state index in [1.807, 2.05) is 0 Å². The Kier molecular flexibility index (Phi) is 4.41. The van der Waals surface area contributed by atoms with Crippen LogP contribution in [0.15, 0.2) is 24.3 Å². The van der Waals surface area contributed by atoms with Crippen LogP contribution in [-0.4, -0.2) is 32.3 Å². The number of hydrogen-bond acceptors (Lipinski definition) is 4. The van der Waals surface area contributed by atoms with Gasteiger partial charge < -0.3 is 20.1 Å². The fourth-order valence-corrected chi connectivity index (χ4v) is 1.93. The van der Waals surface area contributed by atoms with Gasteiger partial charge in [-0.3, -0.25) is 0 Å². The van der Waals surface area contributed by atoms with Crippen molar-refractivity contribution in [3.8, 4) is 11.5 Å². The van der Waals surface area contributed by atoms with Gasteiger partial charge in [-0.15, -0.1) is 0 Å². The second kappa shape index (κ2) is 6.26. The van der Waals surface area contributed by atoms with Gasteiger partial charge in [-0.1, -0.05) is 6.07 Å². The first-order chi connectivity index (χ1) is 8.78. The van der Waals surface area contributed by atoms with Crippen LogP contribution >= 0.6 is 0 Å². The number of rotatable bonds is 3. The first-order valence-corrected chi connectivity index (χ1v) is 6.11. The van der Waals surface area contributed by atoms with Crippen LogP contribution in [0.5, 0.6) is 11.5 Å². The number of nitrogens with one attached hydrogen (secondary N) is 2. The molecule has 1 aromatic carbocycles. The molecule has 0 aromatic heterocycles. The third kappa shape index (κ3) is 3.63. The molecule has 2 rings (SSSR count). The van der Waals surface area contributed by atoms with Crippen molar-refractivity contribution in [1.82, 2.24) is 10.6 Å². The minimum absolute atomic E-state index is 0.198. The zero-order chi connectivity index (χ0) is 12.8. The normalized spacial score (nSPS) is 16.1. The van der Waals surface area contributed by atoms with E-state index in [-0.39, 0.29) is 6.04 Å². The molecule has 1 aliphatic heterocycles. The predicted octanol–water partition coefficient (Wildman–Crippen LogP) is 1.54. The third-order valence-corrected chi connectivity index (χ3v) is 2.91. The molecule has 0 radical (unpaired) electrons. The standard InChI is InChI=1S/C13H18N2O3/c1-17-11-3-2-4-12(9-11)18-13(16)15-10-5-7-14-8-6-10/h2-4,9-10,14H,5-8H2,1H3,(H,15,16). The van der Waals surface area contributed by atoms with E-state index >= 15 is 0 Å². The highest BCUT2D eigenvalue weighted by Gasteiger charge is 2.16. The van der Waals surface area contributed by atoms with Crippen LogP contribution in [-0.2, 0) is 0 Å². The topological polar surface area (TPSA) is 59.6 Å². The maximum Gasteiger partial charge on any atom is 0.412 e. The van der Waals surface area contributed by atoms with Crippen molar-refractivity contribution in [2.45, 2.75) is 18.9 Å². The summed E-state index contributed by atoms with van der Waals surface area (Å²) in [7, 11) is 1.58. The summed E-state index contributed by atoms with van der Waals surface area (Å²) in [5, 5.41) is 6.11. The predicted molar refractivity (Wildman–Crippen MR) is 68.0 cm³/mol. The number of amides is 1. The van der Waals surface area contributed by atoms with Crippen LogP contribution in [0.25, 0.3) is 0 Å². The first kappa shape index (κ1) is 12.7. The lowest BCUT2D eigenvalue weighted by molar-refractivity contribution is 0.192. The summed E-state index contributed by atoms with van der Waals surface area (Å²) >= 11 is 0. The van der Waals surface area contributed by atoms with Gasteiger partial charge >= 0.3 is 6.09 Å². The van der Waals surface area contributed by atoms with Crippen molar-refractivity contribution in [3.05, 3.63) is 24.3 Å². The molecule has 1 amide bonds. The number of piperidine rings is 1. The van der Waals surface area contributed by atoms with Gasteiger partial charge in [0.1, 0.15) is 11.5 Å². The Labute approximate surface area is 106 Å². The van der Waals surface area contributed by atoms with Gasteiger partial charge in [-0.2, -0.15) is 0 Å². The van der Waals surface area contributed by atoms with E-state index in [0.29, 0.717) is 11.5 Å². The van der Waals surface area contributed by atoms with Gasteiger partial charge in [0, 0.05) is 12.1 Å². The second-order valence-corrected chi connectivity index (χ2v) is 4.24. The molecule has 0 atom stereocenters. The van der Waals surface area contributed by atoms with Crippen molar-refractivity contribution in [1.29, 1.82) is 0 Å². The summed E-state index contributed by atoms with van der Waals surface area (Å²) < 4.78 is 10.3. The molecule has 5 heteroatoms. The number of hydrogen-bond donors (Lipinski definition) is 2. The number of carbonyl (C=O) groups is 1. The van der Waals surface area contributed by atoms with Crippen molar-refractivity contribution in [2.75, 3.05) is 20.2 Å². The van der Waals surface area contributed by atoms with Crippen LogP contribution in [0.4, 0.5) is 4.79 Å². The highest BCUT2D eigenvalue weighted by atomic mass is 16.6.